The van der Waals surface area contributed by atoms with E-state index in [1.54, 1.807) is 43.3 Å². The normalized spacial score (nSPS) is 18.7. The molecule has 2 heteroatoms. The third kappa shape index (κ3) is 2.34. The second-order valence-electron chi connectivity index (χ2n) is 4.73. The van der Waals surface area contributed by atoms with Gasteiger partial charge in [0.2, 0.25) is 0 Å². The molecule has 0 saturated carbocycles. The first kappa shape index (κ1) is 13.2. The monoisotopic (exact) mass is 252 g/mol. The lowest BCUT2D eigenvalue weighted by atomic mass is 9.81. The molecule has 0 unspecified atom stereocenters. The Kier molecular flexibility index (Phi) is 3.61. The van der Waals surface area contributed by atoms with Crippen LogP contribution in [-0.2, 0) is 0 Å². The van der Waals surface area contributed by atoms with Gasteiger partial charge in [-0.25, -0.2) is 0 Å². The first-order chi connectivity index (χ1) is 9.06. The lowest BCUT2D eigenvalue weighted by molar-refractivity contribution is 0.0972. The minimum atomic E-state index is -0.0826. The number of rotatable bonds is 1. The van der Waals surface area contributed by atoms with Gasteiger partial charge in [0, 0.05) is 22.3 Å². The van der Waals surface area contributed by atoms with E-state index in [9.17, 15) is 9.59 Å². The molecule has 0 amide bonds. The van der Waals surface area contributed by atoms with Crippen molar-refractivity contribution in [2.75, 3.05) is 0 Å². The van der Waals surface area contributed by atoms with E-state index in [0.29, 0.717) is 22.3 Å². The zero-order valence-corrected chi connectivity index (χ0v) is 11.4. The van der Waals surface area contributed by atoms with Crippen molar-refractivity contribution in [3.05, 3.63) is 70.3 Å². The number of fused-ring (bicyclic) bond motifs is 1. The molecule has 19 heavy (non-hydrogen) atoms. The molecule has 2 rings (SSSR count). The van der Waals surface area contributed by atoms with Crippen molar-refractivity contribution >= 4 is 11.6 Å². The van der Waals surface area contributed by atoms with Crippen LogP contribution in [0.25, 0.3) is 0 Å². The molecule has 1 aliphatic rings. The molecule has 96 valence electrons. The van der Waals surface area contributed by atoms with Crippen molar-refractivity contribution in [3.8, 4) is 0 Å². The van der Waals surface area contributed by atoms with Crippen LogP contribution in [0.15, 0.2) is 59.2 Å². The van der Waals surface area contributed by atoms with E-state index in [1.165, 1.54) is 0 Å². The molecule has 1 aliphatic carbocycles. The number of benzene rings is 1. The third-order valence-corrected chi connectivity index (χ3v) is 3.07. The fourth-order valence-electron chi connectivity index (χ4n) is 2.12. The Labute approximate surface area is 113 Å². The maximum Gasteiger partial charge on any atom is 0.194 e. The summed E-state index contributed by atoms with van der Waals surface area (Å²) in [5, 5.41) is 0. The van der Waals surface area contributed by atoms with Gasteiger partial charge in [-0.05, 0) is 20.8 Å². The summed E-state index contributed by atoms with van der Waals surface area (Å²) in [4.78, 5) is 24.8. The van der Waals surface area contributed by atoms with E-state index < -0.39 is 0 Å². The smallest absolute Gasteiger partial charge is 0.194 e. The van der Waals surface area contributed by atoms with E-state index in [2.05, 4.69) is 0 Å². The van der Waals surface area contributed by atoms with Crippen LogP contribution >= 0.6 is 0 Å². The Morgan fingerprint density at radius 1 is 0.947 bits per heavy atom. The highest BCUT2D eigenvalue weighted by atomic mass is 16.1. The minimum Gasteiger partial charge on any atom is -0.289 e. The number of carbonyl (C=O) groups excluding carboxylic acids is 2. The van der Waals surface area contributed by atoms with E-state index in [-0.39, 0.29) is 11.6 Å². The van der Waals surface area contributed by atoms with Gasteiger partial charge in [0.05, 0.1) is 0 Å². The van der Waals surface area contributed by atoms with Gasteiger partial charge >= 0.3 is 0 Å². The van der Waals surface area contributed by atoms with E-state index in [0.717, 1.165) is 5.57 Å². The Bertz CT molecular complexity index is 639. The number of Topliss-reactive ketones (excluding diaryl/α,β-unsaturated/α-hetero) is 2. The van der Waals surface area contributed by atoms with Gasteiger partial charge in [0.1, 0.15) is 0 Å². The Hall–Kier alpha value is -2.22. The highest BCUT2D eigenvalue weighted by molar-refractivity contribution is 6.31. The largest absolute Gasteiger partial charge is 0.289 e. The van der Waals surface area contributed by atoms with Crippen molar-refractivity contribution in [1.29, 1.82) is 0 Å². The molecule has 0 saturated heterocycles. The summed E-state index contributed by atoms with van der Waals surface area (Å²) >= 11 is 0. The number of allylic oxidation sites excluding steroid dienone is 6. The van der Waals surface area contributed by atoms with Crippen molar-refractivity contribution < 1.29 is 9.59 Å². The quantitative estimate of drug-likeness (QED) is 0.710. The molecule has 0 spiro atoms. The van der Waals surface area contributed by atoms with Crippen LogP contribution in [0.1, 0.15) is 41.5 Å². The van der Waals surface area contributed by atoms with Gasteiger partial charge in [-0.3, -0.25) is 9.59 Å². The molecule has 0 aromatic heterocycles. The molecule has 0 radical (unpaired) electrons. The Morgan fingerprint density at radius 2 is 1.47 bits per heavy atom. The van der Waals surface area contributed by atoms with Gasteiger partial charge in [-0.1, -0.05) is 48.1 Å². The van der Waals surface area contributed by atoms with E-state index >= 15 is 0 Å². The summed E-state index contributed by atoms with van der Waals surface area (Å²) in [6.07, 6.45) is 5.31. The molecule has 1 aromatic rings. The number of carbonyl (C=O) groups is 2. The molecular formula is C17H16O2. The summed E-state index contributed by atoms with van der Waals surface area (Å²) in [6, 6.07) is 6.97. The fraction of sp³-hybridized carbons (Fsp3) is 0.176. The first-order valence-electron chi connectivity index (χ1n) is 6.26. The van der Waals surface area contributed by atoms with Crippen molar-refractivity contribution in [1.82, 2.24) is 0 Å². The van der Waals surface area contributed by atoms with E-state index in [1.807, 2.05) is 19.9 Å². The van der Waals surface area contributed by atoms with Gasteiger partial charge in [0.25, 0.3) is 0 Å². The molecule has 0 fully saturated rings. The van der Waals surface area contributed by atoms with Gasteiger partial charge < -0.3 is 0 Å². The van der Waals surface area contributed by atoms with Crippen LogP contribution in [0.3, 0.4) is 0 Å². The molecule has 0 atom stereocenters. The van der Waals surface area contributed by atoms with Crippen LogP contribution in [0.5, 0.6) is 0 Å². The zero-order valence-electron chi connectivity index (χ0n) is 11.4. The van der Waals surface area contributed by atoms with Crippen molar-refractivity contribution in [2.45, 2.75) is 20.8 Å². The number of hydrogen-bond acceptors (Lipinski definition) is 2. The van der Waals surface area contributed by atoms with Crippen LogP contribution < -0.4 is 0 Å². The molecule has 2 nitrogen and oxygen atoms in total. The molecule has 0 aliphatic heterocycles. The van der Waals surface area contributed by atoms with Crippen LogP contribution in [0, 0.1) is 0 Å². The summed E-state index contributed by atoms with van der Waals surface area (Å²) in [5.74, 6) is -0.160. The average molecular weight is 252 g/mol. The van der Waals surface area contributed by atoms with Gasteiger partial charge in [-0.15, -0.1) is 0 Å². The highest BCUT2D eigenvalue weighted by Crippen LogP contribution is 2.29. The van der Waals surface area contributed by atoms with E-state index in [4.69, 9.17) is 0 Å². The second kappa shape index (κ2) is 5.19. The van der Waals surface area contributed by atoms with Crippen LogP contribution in [-0.4, -0.2) is 11.6 Å². The summed E-state index contributed by atoms with van der Waals surface area (Å²) in [5.41, 5.74) is 3.04. The standard InChI is InChI=1S/C17H16O2/c1-4-12-15(10-9-11(2)3)17(19)14-8-6-5-7-13(14)16(12)18/h4-10H,1-3H3/b12-4+,15-10+. The third-order valence-electron chi connectivity index (χ3n) is 3.07. The fourth-order valence-corrected chi connectivity index (χ4v) is 2.12. The predicted octanol–water partition coefficient (Wildman–Crippen LogP) is 3.90. The molecule has 0 heterocycles. The van der Waals surface area contributed by atoms with Crippen molar-refractivity contribution in [2.24, 2.45) is 0 Å². The Balaban J connectivity index is 2.66. The lowest BCUT2D eigenvalue weighted by Crippen LogP contribution is -2.22. The minimum absolute atomic E-state index is 0.0777. The number of ketones is 2. The molecule has 0 N–H and O–H groups in total. The molecular weight excluding hydrogens is 236 g/mol. The number of hydrogen-bond donors (Lipinski definition) is 0. The highest BCUT2D eigenvalue weighted by Gasteiger charge is 2.30. The maximum absolute atomic E-state index is 12.5. The summed E-state index contributed by atoms with van der Waals surface area (Å²) in [6.45, 7) is 5.69. The Morgan fingerprint density at radius 3 is 1.95 bits per heavy atom. The summed E-state index contributed by atoms with van der Waals surface area (Å²) in [7, 11) is 0. The van der Waals surface area contributed by atoms with Crippen molar-refractivity contribution in [3.63, 3.8) is 0 Å². The zero-order chi connectivity index (χ0) is 14.0. The van der Waals surface area contributed by atoms with Crippen LogP contribution in [0.4, 0.5) is 0 Å². The first-order valence-corrected chi connectivity index (χ1v) is 6.26. The molecule has 1 aromatic carbocycles. The maximum atomic E-state index is 12.5. The molecule has 0 bridgehead atoms. The predicted molar refractivity (Wildman–Crippen MR) is 76.4 cm³/mol. The SMILES string of the molecule is C/C=C1/C(=O)c2ccccc2C(=O)/C1=C/C=C(C)C. The average Bonchev–Trinajstić information content (AvgIpc) is 2.41. The topological polar surface area (TPSA) is 34.1 Å². The summed E-state index contributed by atoms with van der Waals surface area (Å²) < 4.78 is 0. The van der Waals surface area contributed by atoms with Gasteiger partial charge in [0.15, 0.2) is 11.6 Å². The van der Waals surface area contributed by atoms with Crippen LogP contribution in [0.2, 0.25) is 0 Å². The second-order valence-corrected chi connectivity index (χ2v) is 4.73. The lowest BCUT2D eigenvalue weighted by Gasteiger charge is -2.18. The van der Waals surface area contributed by atoms with Gasteiger partial charge in [-0.2, -0.15) is 0 Å².